The molecular formula is C15H12F2O. The summed E-state index contributed by atoms with van der Waals surface area (Å²) >= 11 is 0. The van der Waals surface area contributed by atoms with Crippen LogP contribution in [0.25, 0.3) is 0 Å². The Bertz CT molecular complexity index is 575. The highest BCUT2D eigenvalue weighted by Gasteiger charge is 2.35. The minimum Gasteiger partial charge on any atom is -0.388 e. The third kappa shape index (κ3) is 1.63. The average molecular weight is 246 g/mol. The summed E-state index contributed by atoms with van der Waals surface area (Å²) in [6, 6.07) is 11.3. The Kier molecular flexibility index (Phi) is 2.63. The lowest BCUT2D eigenvalue weighted by Crippen LogP contribution is -2.24. The van der Waals surface area contributed by atoms with Gasteiger partial charge in [-0.2, -0.15) is 0 Å². The standard InChI is InChI=1S/C15H12F2O/c16-12-6-3-7-13(17)14(12)15(18)11-8-9-4-1-2-5-10(9)11/h1-7,11,15,18H,8H2. The third-order valence-electron chi connectivity index (χ3n) is 3.57. The summed E-state index contributed by atoms with van der Waals surface area (Å²) in [6.45, 7) is 0. The van der Waals surface area contributed by atoms with Crippen molar-refractivity contribution in [1.82, 2.24) is 0 Å². The van der Waals surface area contributed by atoms with Crippen molar-refractivity contribution in [2.45, 2.75) is 18.4 Å². The van der Waals surface area contributed by atoms with Crippen molar-refractivity contribution >= 4 is 0 Å². The first kappa shape index (κ1) is 11.4. The number of aliphatic hydroxyl groups excluding tert-OH is 1. The molecule has 92 valence electrons. The number of halogens is 2. The van der Waals surface area contributed by atoms with Crippen molar-refractivity contribution in [3.8, 4) is 0 Å². The van der Waals surface area contributed by atoms with E-state index in [2.05, 4.69) is 0 Å². The number of hydrogen-bond acceptors (Lipinski definition) is 1. The predicted molar refractivity (Wildman–Crippen MR) is 64.2 cm³/mol. The fourth-order valence-electron chi connectivity index (χ4n) is 2.57. The molecule has 2 aromatic carbocycles. The molecule has 1 aliphatic rings. The topological polar surface area (TPSA) is 20.2 Å². The zero-order valence-corrected chi connectivity index (χ0v) is 9.61. The summed E-state index contributed by atoms with van der Waals surface area (Å²) < 4.78 is 27.2. The van der Waals surface area contributed by atoms with E-state index < -0.39 is 17.7 Å². The molecule has 0 fully saturated rings. The van der Waals surface area contributed by atoms with Crippen LogP contribution in [0.2, 0.25) is 0 Å². The second-order valence-corrected chi connectivity index (χ2v) is 4.59. The van der Waals surface area contributed by atoms with Crippen LogP contribution >= 0.6 is 0 Å². The molecule has 1 N–H and O–H groups in total. The monoisotopic (exact) mass is 246 g/mol. The van der Waals surface area contributed by atoms with Crippen LogP contribution in [-0.2, 0) is 6.42 Å². The zero-order valence-electron chi connectivity index (χ0n) is 9.61. The van der Waals surface area contributed by atoms with Gasteiger partial charge < -0.3 is 5.11 Å². The summed E-state index contributed by atoms with van der Waals surface area (Å²) in [5.41, 5.74) is 1.89. The quantitative estimate of drug-likeness (QED) is 0.861. The summed E-state index contributed by atoms with van der Waals surface area (Å²) in [7, 11) is 0. The first-order valence-corrected chi connectivity index (χ1v) is 5.88. The van der Waals surface area contributed by atoms with Gasteiger partial charge in [0.15, 0.2) is 0 Å². The van der Waals surface area contributed by atoms with Gasteiger partial charge in [-0.15, -0.1) is 0 Å². The summed E-state index contributed by atoms with van der Waals surface area (Å²) in [6.07, 6.45) is -0.466. The van der Waals surface area contributed by atoms with Crippen LogP contribution in [0, 0.1) is 11.6 Å². The molecule has 0 aliphatic heterocycles. The maximum atomic E-state index is 13.6. The minimum absolute atomic E-state index is 0.215. The third-order valence-corrected chi connectivity index (χ3v) is 3.57. The van der Waals surface area contributed by atoms with Crippen LogP contribution in [0.5, 0.6) is 0 Å². The van der Waals surface area contributed by atoms with Crippen molar-refractivity contribution in [3.05, 3.63) is 70.8 Å². The number of aliphatic hydroxyl groups is 1. The Hall–Kier alpha value is -1.74. The Balaban J connectivity index is 1.96. The predicted octanol–water partition coefficient (Wildman–Crippen LogP) is 3.34. The van der Waals surface area contributed by atoms with Crippen molar-refractivity contribution in [1.29, 1.82) is 0 Å². The fraction of sp³-hybridized carbons (Fsp3) is 0.200. The van der Waals surface area contributed by atoms with Gasteiger partial charge in [-0.1, -0.05) is 30.3 Å². The molecule has 2 atom stereocenters. The van der Waals surface area contributed by atoms with Gasteiger partial charge >= 0.3 is 0 Å². The molecule has 2 unspecified atom stereocenters. The molecule has 2 aromatic rings. The highest BCUT2D eigenvalue weighted by molar-refractivity contribution is 5.42. The molecule has 18 heavy (non-hydrogen) atoms. The molecule has 0 amide bonds. The van der Waals surface area contributed by atoms with Gasteiger partial charge in [0.2, 0.25) is 0 Å². The van der Waals surface area contributed by atoms with E-state index in [0.717, 1.165) is 11.1 Å². The summed E-state index contributed by atoms with van der Waals surface area (Å²) in [5.74, 6) is -1.59. The van der Waals surface area contributed by atoms with E-state index in [-0.39, 0.29) is 11.5 Å². The van der Waals surface area contributed by atoms with Gasteiger partial charge in [-0.3, -0.25) is 0 Å². The average Bonchev–Trinajstić information content (AvgIpc) is 2.30. The summed E-state index contributed by atoms with van der Waals surface area (Å²) in [5, 5.41) is 10.2. The molecule has 0 heterocycles. The Morgan fingerprint density at radius 2 is 1.67 bits per heavy atom. The van der Waals surface area contributed by atoms with Gasteiger partial charge in [0.05, 0.1) is 11.7 Å². The molecule has 0 saturated carbocycles. The van der Waals surface area contributed by atoms with Gasteiger partial charge in [0.1, 0.15) is 11.6 Å². The van der Waals surface area contributed by atoms with Crippen LogP contribution in [0.1, 0.15) is 28.7 Å². The second kappa shape index (κ2) is 4.18. The molecule has 0 aromatic heterocycles. The van der Waals surface area contributed by atoms with Crippen LogP contribution < -0.4 is 0 Å². The number of benzene rings is 2. The smallest absolute Gasteiger partial charge is 0.131 e. The van der Waals surface area contributed by atoms with E-state index in [1.165, 1.54) is 18.2 Å². The lowest BCUT2D eigenvalue weighted by Gasteiger charge is -2.34. The first-order valence-electron chi connectivity index (χ1n) is 5.88. The normalized spacial score (nSPS) is 18.9. The van der Waals surface area contributed by atoms with Gasteiger partial charge in [-0.05, 0) is 29.7 Å². The molecule has 3 heteroatoms. The maximum Gasteiger partial charge on any atom is 0.131 e. The number of fused-ring (bicyclic) bond motifs is 1. The first-order chi connectivity index (χ1) is 8.68. The van der Waals surface area contributed by atoms with Crippen molar-refractivity contribution in [2.75, 3.05) is 0 Å². The van der Waals surface area contributed by atoms with E-state index >= 15 is 0 Å². The Morgan fingerprint density at radius 1 is 1.00 bits per heavy atom. The Morgan fingerprint density at radius 3 is 2.33 bits per heavy atom. The number of rotatable bonds is 2. The maximum absolute atomic E-state index is 13.6. The largest absolute Gasteiger partial charge is 0.388 e. The minimum atomic E-state index is -1.12. The van der Waals surface area contributed by atoms with Crippen LogP contribution in [0.15, 0.2) is 42.5 Å². The molecule has 0 saturated heterocycles. The Labute approximate surface area is 104 Å². The van der Waals surface area contributed by atoms with Crippen LogP contribution in [-0.4, -0.2) is 5.11 Å². The second-order valence-electron chi connectivity index (χ2n) is 4.59. The fourth-order valence-corrected chi connectivity index (χ4v) is 2.57. The van der Waals surface area contributed by atoms with Crippen molar-refractivity contribution in [2.24, 2.45) is 0 Å². The van der Waals surface area contributed by atoms with Gasteiger partial charge in [0, 0.05) is 5.92 Å². The highest BCUT2D eigenvalue weighted by Crippen LogP contribution is 2.44. The summed E-state index contributed by atoms with van der Waals surface area (Å²) in [4.78, 5) is 0. The van der Waals surface area contributed by atoms with E-state index in [4.69, 9.17) is 0 Å². The molecular weight excluding hydrogens is 234 g/mol. The molecule has 0 bridgehead atoms. The molecule has 3 rings (SSSR count). The molecule has 0 radical (unpaired) electrons. The van der Waals surface area contributed by atoms with E-state index in [9.17, 15) is 13.9 Å². The SMILES string of the molecule is OC(c1c(F)cccc1F)C1Cc2ccccc21. The van der Waals surface area contributed by atoms with Gasteiger partial charge in [-0.25, -0.2) is 8.78 Å². The lowest BCUT2D eigenvalue weighted by molar-refractivity contribution is 0.126. The van der Waals surface area contributed by atoms with Gasteiger partial charge in [0.25, 0.3) is 0 Å². The molecule has 1 nitrogen and oxygen atoms in total. The van der Waals surface area contributed by atoms with E-state index in [1.807, 2.05) is 24.3 Å². The van der Waals surface area contributed by atoms with Crippen LogP contribution in [0.3, 0.4) is 0 Å². The number of hydrogen-bond donors (Lipinski definition) is 1. The van der Waals surface area contributed by atoms with E-state index in [0.29, 0.717) is 6.42 Å². The van der Waals surface area contributed by atoms with Crippen molar-refractivity contribution in [3.63, 3.8) is 0 Å². The lowest BCUT2D eigenvalue weighted by atomic mass is 9.73. The molecule has 0 spiro atoms. The van der Waals surface area contributed by atoms with Crippen LogP contribution in [0.4, 0.5) is 8.78 Å². The zero-order chi connectivity index (χ0) is 12.7. The molecule has 1 aliphatic carbocycles. The van der Waals surface area contributed by atoms with E-state index in [1.54, 1.807) is 0 Å². The van der Waals surface area contributed by atoms with Crippen molar-refractivity contribution < 1.29 is 13.9 Å². The highest BCUT2D eigenvalue weighted by atomic mass is 19.1.